The SMILES string of the molecule is CCn1cc(-c2cc(O[C@@H](C)C(F)(F)F)c(C(=O)Nc3c(F)cccc3Cl)cc2F)nc1CO. The van der Waals surface area contributed by atoms with E-state index in [1.165, 1.54) is 22.9 Å². The maximum absolute atomic E-state index is 15.0. The van der Waals surface area contributed by atoms with E-state index in [0.717, 1.165) is 12.1 Å². The molecule has 0 fully saturated rings. The number of hydrogen-bond acceptors (Lipinski definition) is 4. The molecule has 1 amide bonds. The topological polar surface area (TPSA) is 76.4 Å². The molecule has 12 heteroatoms. The smallest absolute Gasteiger partial charge is 0.425 e. The molecule has 3 aromatic rings. The lowest BCUT2D eigenvalue weighted by molar-refractivity contribution is -0.189. The zero-order valence-corrected chi connectivity index (χ0v) is 18.6. The lowest BCUT2D eigenvalue weighted by Gasteiger charge is -2.20. The summed E-state index contributed by atoms with van der Waals surface area (Å²) in [7, 11) is 0. The maximum Gasteiger partial charge on any atom is 0.425 e. The molecule has 2 N–H and O–H groups in total. The number of anilines is 1. The van der Waals surface area contributed by atoms with Crippen LogP contribution in [-0.2, 0) is 13.2 Å². The van der Waals surface area contributed by atoms with Gasteiger partial charge in [-0.05, 0) is 38.1 Å². The van der Waals surface area contributed by atoms with Crippen LogP contribution in [0.5, 0.6) is 5.75 Å². The maximum atomic E-state index is 15.0. The fourth-order valence-corrected chi connectivity index (χ4v) is 3.27. The molecule has 0 bridgehead atoms. The van der Waals surface area contributed by atoms with Crippen molar-refractivity contribution >= 4 is 23.2 Å². The van der Waals surface area contributed by atoms with Gasteiger partial charge in [-0.3, -0.25) is 4.79 Å². The Hall–Kier alpha value is -3.18. The molecule has 1 atom stereocenters. The highest BCUT2D eigenvalue weighted by molar-refractivity contribution is 6.34. The van der Waals surface area contributed by atoms with Crippen LogP contribution in [0.1, 0.15) is 30.0 Å². The van der Waals surface area contributed by atoms with E-state index in [0.29, 0.717) is 19.5 Å². The molecule has 1 heterocycles. The standard InChI is InChI=1S/C22H19ClF5N3O3/c1-3-31-9-17(29-19(31)10-32)12-8-18(34-11(2)22(26,27)28)13(7-16(12)25)21(33)30-20-14(23)5-4-6-15(20)24/h4-9,11,32H,3,10H2,1-2H3,(H,30,33)/t11-/m0/s1. The average molecular weight is 504 g/mol. The summed E-state index contributed by atoms with van der Waals surface area (Å²) in [5.74, 6) is -3.44. The van der Waals surface area contributed by atoms with Crippen molar-refractivity contribution in [2.75, 3.05) is 5.32 Å². The number of aromatic nitrogens is 2. The van der Waals surface area contributed by atoms with Crippen LogP contribution in [0.4, 0.5) is 27.6 Å². The van der Waals surface area contributed by atoms with Crippen molar-refractivity contribution in [3.05, 3.63) is 64.6 Å². The Morgan fingerprint density at radius 2 is 1.97 bits per heavy atom. The zero-order chi connectivity index (χ0) is 25.2. The van der Waals surface area contributed by atoms with Crippen LogP contribution < -0.4 is 10.1 Å². The number of aliphatic hydroxyl groups is 1. The van der Waals surface area contributed by atoms with Gasteiger partial charge in [0.15, 0.2) is 6.10 Å². The Bertz CT molecular complexity index is 1170. The quantitative estimate of drug-likeness (QED) is 0.413. The van der Waals surface area contributed by atoms with Gasteiger partial charge in [0.25, 0.3) is 5.91 Å². The number of ether oxygens (including phenoxy) is 1. The summed E-state index contributed by atoms with van der Waals surface area (Å²) >= 11 is 5.89. The molecule has 3 rings (SSSR count). The molecule has 0 saturated heterocycles. The molecule has 0 saturated carbocycles. The molecule has 6 nitrogen and oxygen atoms in total. The second-order valence-electron chi connectivity index (χ2n) is 7.17. The second-order valence-corrected chi connectivity index (χ2v) is 7.57. The molecule has 1 aromatic heterocycles. The first-order valence-electron chi connectivity index (χ1n) is 9.95. The Morgan fingerprint density at radius 1 is 1.26 bits per heavy atom. The first kappa shape index (κ1) is 25.4. The van der Waals surface area contributed by atoms with Crippen molar-refractivity contribution in [3.8, 4) is 17.0 Å². The van der Waals surface area contributed by atoms with Gasteiger partial charge in [0.05, 0.1) is 22.0 Å². The number of amides is 1. The molecular formula is C22H19ClF5N3O3. The van der Waals surface area contributed by atoms with E-state index in [2.05, 4.69) is 10.3 Å². The molecule has 2 aromatic carbocycles. The van der Waals surface area contributed by atoms with E-state index >= 15 is 4.39 Å². The van der Waals surface area contributed by atoms with Gasteiger partial charge in [-0.25, -0.2) is 13.8 Å². The summed E-state index contributed by atoms with van der Waals surface area (Å²) in [6, 6.07) is 5.16. The Morgan fingerprint density at radius 3 is 2.53 bits per heavy atom. The van der Waals surface area contributed by atoms with Gasteiger partial charge in [-0.1, -0.05) is 17.7 Å². The van der Waals surface area contributed by atoms with Crippen LogP contribution in [0.3, 0.4) is 0 Å². The highest BCUT2D eigenvalue weighted by atomic mass is 35.5. The third kappa shape index (κ3) is 5.31. The fourth-order valence-electron chi connectivity index (χ4n) is 3.06. The first-order chi connectivity index (χ1) is 16.0. The number of aryl methyl sites for hydroxylation is 1. The molecule has 0 radical (unpaired) electrons. The highest BCUT2D eigenvalue weighted by Gasteiger charge is 2.39. The number of benzene rings is 2. The number of nitrogens with one attached hydrogen (secondary N) is 1. The lowest BCUT2D eigenvalue weighted by Crippen LogP contribution is -2.32. The molecule has 0 aliphatic carbocycles. The van der Waals surface area contributed by atoms with Gasteiger partial charge in [-0.15, -0.1) is 0 Å². The summed E-state index contributed by atoms with van der Waals surface area (Å²) in [5, 5.41) is 11.4. The fraction of sp³-hybridized carbons (Fsp3) is 0.273. The zero-order valence-electron chi connectivity index (χ0n) is 17.9. The van der Waals surface area contributed by atoms with Crippen molar-refractivity contribution in [2.45, 2.75) is 39.3 Å². The van der Waals surface area contributed by atoms with E-state index in [4.69, 9.17) is 16.3 Å². The molecule has 0 spiro atoms. The average Bonchev–Trinajstić information content (AvgIpc) is 3.19. The minimum absolute atomic E-state index is 0.0111. The number of carbonyl (C=O) groups is 1. The van der Waals surface area contributed by atoms with Crippen LogP contribution in [0.15, 0.2) is 36.5 Å². The van der Waals surface area contributed by atoms with Crippen LogP contribution in [-0.4, -0.2) is 32.8 Å². The summed E-state index contributed by atoms with van der Waals surface area (Å²) in [4.78, 5) is 16.9. The molecule has 0 aliphatic rings. The molecule has 34 heavy (non-hydrogen) atoms. The van der Waals surface area contributed by atoms with Crippen LogP contribution in [0.25, 0.3) is 11.3 Å². The summed E-state index contributed by atoms with van der Waals surface area (Å²) in [5.41, 5.74) is -1.29. The van der Waals surface area contributed by atoms with Gasteiger partial charge in [0.2, 0.25) is 0 Å². The van der Waals surface area contributed by atoms with Crippen molar-refractivity contribution in [1.82, 2.24) is 9.55 Å². The first-order valence-corrected chi connectivity index (χ1v) is 10.3. The van der Waals surface area contributed by atoms with Gasteiger partial charge >= 0.3 is 6.18 Å². The number of rotatable bonds is 7. The van der Waals surface area contributed by atoms with Crippen molar-refractivity contribution in [2.24, 2.45) is 0 Å². The number of carbonyl (C=O) groups excluding carboxylic acids is 1. The number of alkyl halides is 3. The normalized spacial score (nSPS) is 12.5. The van der Waals surface area contributed by atoms with Crippen LogP contribution in [0, 0.1) is 11.6 Å². The Balaban J connectivity index is 2.10. The van der Waals surface area contributed by atoms with E-state index in [1.54, 1.807) is 6.92 Å². The van der Waals surface area contributed by atoms with Crippen molar-refractivity contribution in [3.63, 3.8) is 0 Å². The van der Waals surface area contributed by atoms with Gasteiger partial charge in [-0.2, -0.15) is 13.2 Å². The van der Waals surface area contributed by atoms with Crippen LogP contribution in [0.2, 0.25) is 5.02 Å². The minimum Gasteiger partial charge on any atom is -0.480 e. The third-order valence-electron chi connectivity index (χ3n) is 4.90. The van der Waals surface area contributed by atoms with E-state index < -0.39 is 53.4 Å². The lowest BCUT2D eigenvalue weighted by atomic mass is 10.1. The van der Waals surface area contributed by atoms with E-state index in [9.17, 15) is 27.5 Å². The number of halogens is 6. The summed E-state index contributed by atoms with van der Waals surface area (Å²) < 4.78 is 75.1. The number of para-hydroxylation sites is 1. The van der Waals surface area contributed by atoms with E-state index in [1.807, 2.05) is 0 Å². The monoisotopic (exact) mass is 503 g/mol. The predicted molar refractivity (Wildman–Crippen MR) is 115 cm³/mol. The highest BCUT2D eigenvalue weighted by Crippen LogP contribution is 2.34. The summed E-state index contributed by atoms with van der Waals surface area (Å²) in [6.07, 6.45) is -5.74. The number of aliphatic hydroxyl groups excluding tert-OH is 1. The molecule has 182 valence electrons. The van der Waals surface area contributed by atoms with Crippen molar-refractivity contribution < 1.29 is 36.6 Å². The minimum atomic E-state index is -4.79. The molecular weight excluding hydrogens is 485 g/mol. The van der Waals surface area contributed by atoms with Crippen LogP contribution >= 0.6 is 11.6 Å². The number of nitrogens with zero attached hydrogens (tertiary/aromatic N) is 2. The van der Waals surface area contributed by atoms with Gasteiger partial charge in [0, 0.05) is 18.3 Å². The summed E-state index contributed by atoms with van der Waals surface area (Å²) in [6.45, 7) is 2.41. The van der Waals surface area contributed by atoms with Crippen molar-refractivity contribution in [1.29, 1.82) is 0 Å². The number of hydrogen-bond donors (Lipinski definition) is 2. The van der Waals surface area contributed by atoms with Gasteiger partial charge < -0.3 is 19.7 Å². The Labute approximate surface area is 195 Å². The number of imidazole rings is 1. The molecule has 0 unspecified atom stereocenters. The van der Waals surface area contributed by atoms with Gasteiger partial charge in [0.1, 0.15) is 29.8 Å². The molecule has 0 aliphatic heterocycles. The third-order valence-corrected chi connectivity index (χ3v) is 5.21. The predicted octanol–water partition coefficient (Wildman–Crippen LogP) is 5.58. The Kier molecular flexibility index (Phi) is 7.47. The largest absolute Gasteiger partial charge is 0.480 e. The van der Waals surface area contributed by atoms with E-state index in [-0.39, 0.29) is 22.1 Å². The second kappa shape index (κ2) is 9.98.